The molecule has 3 heteroatoms. The summed E-state index contributed by atoms with van der Waals surface area (Å²) in [7, 11) is 0. The van der Waals surface area contributed by atoms with Gasteiger partial charge >= 0.3 is 0 Å². The summed E-state index contributed by atoms with van der Waals surface area (Å²) in [6.45, 7) is 10.2. The monoisotopic (exact) mass is 250 g/mol. The molecule has 6 atom stereocenters. The van der Waals surface area contributed by atoms with E-state index in [2.05, 4.69) is 20.4 Å². The maximum atomic E-state index is 10.3. The van der Waals surface area contributed by atoms with Crippen LogP contribution >= 0.6 is 0 Å². The van der Waals surface area contributed by atoms with Crippen molar-refractivity contribution in [3.05, 3.63) is 12.2 Å². The van der Waals surface area contributed by atoms with Crippen LogP contribution in [0.15, 0.2) is 12.2 Å². The largest absolute Gasteiger partial charge is 0.369 e. The Morgan fingerprint density at radius 1 is 1.33 bits per heavy atom. The fraction of sp³-hybridized carbons (Fsp3) is 0.867. The highest BCUT2D eigenvalue weighted by Crippen LogP contribution is 2.71. The van der Waals surface area contributed by atoms with Gasteiger partial charge in [0.2, 0.25) is 0 Å². The molecule has 2 saturated heterocycles. The standard InChI is InChI=1S/C15H22O3/c1-8-6-17-13(16)12-10(8)11-9(14(11,2)3)4-5-15(12)7-18-15/h9-13,16H,1,4-7H2,2-3H3/t9-,10+,11-,12-,13-,15+/m0/s1. The van der Waals surface area contributed by atoms with Crippen molar-refractivity contribution < 1.29 is 14.6 Å². The smallest absolute Gasteiger partial charge is 0.161 e. The molecule has 100 valence electrons. The third-order valence-electron chi connectivity index (χ3n) is 6.13. The van der Waals surface area contributed by atoms with Gasteiger partial charge in [0, 0.05) is 5.92 Å². The van der Waals surface area contributed by atoms with Gasteiger partial charge in [0.1, 0.15) is 0 Å². The Morgan fingerprint density at radius 3 is 2.72 bits per heavy atom. The second kappa shape index (κ2) is 3.20. The van der Waals surface area contributed by atoms with Gasteiger partial charge in [-0.15, -0.1) is 0 Å². The first-order valence-electron chi connectivity index (χ1n) is 7.09. The van der Waals surface area contributed by atoms with E-state index in [9.17, 15) is 5.11 Å². The Morgan fingerprint density at radius 2 is 2.06 bits per heavy atom. The van der Waals surface area contributed by atoms with Crippen molar-refractivity contribution in [1.29, 1.82) is 0 Å². The Hall–Kier alpha value is -0.380. The minimum Gasteiger partial charge on any atom is -0.369 e. The van der Waals surface area contributed by atoms with E-state index in [4.69, 9.17) is 9.47 Å². The van der Waals surface area contributed by atoms with Crippen molar-refractivity contribution >= 4 is 0 Å². The Labute approximate surface area is 108 Å². The fourth-order valence-electron chi connectivity index (χ4n) is 4.94. The van der Waals surface area contributed by atoms with Crippen LogP contribution in [0.1, 0.15) is 26.7 Å². The zero-order valence-corrected chi connectivity index (χ0v) is 11.2. The number of aliphatic hydroxyl groups excluding tert-OH is 1. The first-order valence-corrected chi connectivity index (χ1v) is 7.09. The zero-order chi connectivity index (χ0) is 12.7. The van der Waals surface area contributed by atoms with Gasteiger partial charge in [0.25, 0.3) is 0 Å². The molecule has 4 rings (SSSR count). The number of hydrogen-bond acceptors (Lipinski definition) is 3. The molecule has 2 heterocycles. The quantitative estimate of drug-likeness (QED) is 0.528. The molecule has 0 aromatic carbocycles. The molecule has 0 aromatic rings. The Kier molecular flexibility index (Phi) is 2.03. The maximum Gasteiger partial charge on any atom is 0.161 e. The number of rotatable bonds is 0. The third kappa shape index (κ3) is 1.25. The summed E-state index contributed by atoms with van der Waals surface area (Å²) in [5.74, 6) is 1.93. The lowest BCUT2D eigenvalue weighted by Gasteiger charge is -2.40. The van der Waals surface area contributed by atoms with E-state index < -0.39 is 6.29 Å². The summed E-state index contributed by atoms with van der Waals surface area (Å²) in [5.41, 5.74) is 1.47. The van der Waals surface area contributed by atoms with Crippen LogP contribution in [0.4, 0.5) is 0 Å². The highest BCUT2D eigenvalue weighted by Gasteiger charge is 2.71. The van der Waals surface area contributed by atoms with Crippen molar-refractivity contribution in [3.8, 4) is 0 Å². The van der Waals surface area contributed by atoms with Gasteiger partial charge in [0.15, 0.2) is 6.29 Å². The predicted octanol–water partition coefficient (Wildman–Crippen LogP) is 1.96. The van der Waals surface area contributed by atoms with E-state index in [0.717, 1.165) is 18.9 Å². The fourth-order valence-corrected chi connectivity index (χ4v) is 4.94. The second-order valence-corrected chi connectivity index (χ2v) is 7.26. The molecule has 0 amide bonds. The predicted molar refractivity (Wildman–Crippen MR) is 66.8 cm³/mol. The van der Waals surface area contributed by atoms with E-state index in [1.54, 1.807) is 0 Å². The van der Waals surface area contributed by atoms with Gasteiger partial charge in [0.05, 0.1) is 18.8 Å². The number of hydrogen-bond donors (Lipinski definition) is 1. The van der Waals surface area contributed by atoms with Gasteiger partial charge in [-0.25, -0.2) is 0 Å². The molecule has 0 bridgehead atoms. The molecule has 2 saturated carbocycles. The SMILES string of the molecule is C=C1CO[C@H](O)[C@@H]2[C@H]1[C@@H]1[C@H](CC[C@@]23CO3)C1(C)C. The second-order valence-electron chi connectivity index (χ2n) is 7.26. The molecule has 3 nitrogen and oxygen atoms in total. The Balaban J connectivity index is 1.76. The van der Waals surface area contributed by atoms with Crippen LogP contribution in [0.25, 0.3) is 0 Å². The number of epoxide rings is 1. The van der Waals surface area contributed by atoms with Gasteiger partial charge in [-0.05, 0) is 41.6 Å². The molecule has 4 aliphatic rings. The molecule has 0 unspecified atom stereocenters. The van der Waals surface area contributed by atoms with E-state index in [-0.39, 0.29) is 11.5 Å². The van der Waals surface area contributed by atoms with Crippen LogP contribution in [0.2, 0.25) is 0 Å². The van der Waals surface area contributed by atoms with Gasteiger partial charge in [-0.2, -0.15) is 0 Å². The summed E-state index contributed by atoms with van der Waals surface area (Å²) in [4.78, 5) is 0. The highest BCUT2D eigenvalue weighted by molar-refractivity contribution is 5.25. The first kappa shape index (κ1) is 11.4. The topological polar surface area (TPSA) is 42.0 Å². The van der Waals surface area contributed by atoms with E-state index in [0.29, 0.717) is 23.9 Å². The summed E-state index contributed by atoms with van der Waals surface area (Å²) in [5, 5.41) is 10.3. The van der Waals surface area contributed by atoms with Crippen molar-refractivity contribution in [3.63, 3.8) is 0 Å². The lowest BCUT2D eigenvalue weighted by atomic mass is 9.72. The molecule has 18 heavy (non-hydrogen) atoms. The van der Waals surface area contributed by atoms with Crippen LogP contribution in [0.5, 0.6) is 0 Å². The number of ether oxygens (including phenoxy) is 2. The van der Waals surface area contributed by atoms with Gasteiger partial charge < -0.3 is 14.6 Å². The molecule has 1 spiro atoms. The number of fused-ring (bicyclic) bond motifs is 4. The molecular formula is C15H22O3. The van der Waals surface area contributed by atoms with Crippen molar-refractivity contribution in [2.45, 2.75) is 38.6 Å². The van der Waals surface area contributed by atoms with Gasteiger partial charge in [-0.3, -0.25) is 0 Å². The van der Waals surface area contributed by atoms with Gasteiger partial charge in [-0.1, -0.05) is 20.4 Å². The van der Waals surface area contributed by atoms with Crippen molar-refractivity contribution in [1.82, 2.24) is 0 Å². The normalized spacial score (nSPS) is 56.6. The first-order chi connectivity index (χ1) is 8.47. The molecule has 1 N–H and O–H groups in total. The average molecular weight is 250 g/mol. The van der Waals surface area contributed by atoms with Crippen LogP contribution < -0.4 is 0 Å². The van der Waals surface area contributed by atoms with Crippen molar-refractivity contribution in [2.24, 2.45) is 29.1 Å². The maximum absolute atomic E-state index is 10.3. The zero-order valence-electron chi connectivity index (χ0n) is 11.2. The highest BCUT2D eigenvalue weighted by atomic mass is 16.6. The summed E-state index contributed by atoms with van der Waals surface area (Å²) < 4.78 is 11.3. The van der Waals surface area contributed by atoms with E-state index in [1.807, 2.05) is 0 Å². The molecule has 2 aliphatic heterocycles. The minimum atomic E-state index is -0.668. The molecule has 0 radical (unpaired) electrons. The van der Waals surface area contributed by atoms with E-state index in [1.165, 1.54) is 12.0 Å². The summed E-state index contributed by atoms with van der Waals surface area (Å²) >= 11 is 0. The van der Waals surface area contributed by atoms with Crippen molar-refractivity contribution in [2.75, 3.05) is 13.2 Å². The average Bonchev–Trinajstić information content (AvgIpc) is 3.18. The van der Waals surface area contributed by atoms with Crippen LogP contribution in [0, 0.1) is 29.1 Å². The third-order valence-corrected chi connectivity index (χ3v) is 6.13. The van der Waals surface area contributed by atoms with Crippen LogP contribution in [0.3, 0.4) is 0 Å². The summed E-state index contributed by atoms with van der Waals surface area (Å²) in [6, 6.07) is 0. The minimum absolute atomic E-state index is 0.100. The van der Waals surface area contributed by atoms with Crippen LogP contribution in [-0.4, -0.2) is 30.2 Å². The van der Waals surface area contributed by atoms with E-state index >= 15 is 0 Å². The van der Waals surface area contributed by atoms with Crippen LogP contribution in [-0.2, 0) is 9.47 Å². The lowest BCUT2D eigenvalue weighted by Crippen LogP contribution is -2.47. The molecule has 0 aromatic heterocycles. The molecule has 2 aliphatic carbocycles. The molecule has 4 fully saturated rings. The molecular weight excluding hydrogens is 228 g/mol. The Bertz CT molecular complexity index is 410. The lowest BCUT2D eigenvalue weighted by molar-refractivity contribution is -0.178. The summed E-state index contributed by atoms with van der Waals surface area (Å²) in [6.07, 6.45) is 1.63. The number of aliphatic hydroxyl groups is 1.